The lowest BCUT2D eigenvalue weighted by molar-refractivity contribution is 0.612. The van der Waals surface area contributed by atoms with Crippen LogP contribution in [0.2, 0.25) is 0 Å². The van der Waals surface area contributed by atoms with Gasteiger partial charge in [0.1, 0.15) is 0 Å². The van der Waals surface area contributed by atoms with Crippen molar-refractivity contribution in [1.82, 2.24) is 10.3 Å². The van der Waals surface area contributed by atoms with Crippen molar-refractivity contribution < 1.29 is 0 Å². The predicted octanol–water partition coefficient (Wildman–Crippen LogP) is 2.91. The van der Waals surface area contributed by atoms with E-state index < -0.39 is 0 Å². The molecule has 0 spiro atoms. The van der Waals surface area contributed by atoms with Crippen molar-refractivity contribution >= 4 is 10.8 Å². The van der Waals surface area contributed by atoms with Crippen molar-refractivity contribution in [3.63, 3.8) is 0 Å². The number of nitrogens with one attached hydrogen (secondary N) is 1. The molecule has 0 bridgehead atoms. The minimum atomic E-state index is 0.535. The molecule has 2 heteroatoms. The van der Waals surface area contributed by atoms with Crippen LogP contribution in [0, 0.1) is 5.92 Å². The van der Waals surface area contributed by atoms with Gasteiger partial charge < -0.3 is 5.32 Å². The zero-order valence-electron chi connectivity index (χ0n) is 9.48. The lowest BCUT2D eigenvalue weighted by Crippen LogP contribution is -2.13. The molecule has 1 aliphatic rings. The number of aromatic nitrogens is 1. The summed E-state index contributed by atoms with van der Waals surface area (Å²) < 4.78 is 0. The Bertz CT molecular complexity index is 507. The monoisotopic (exact) mass is 212 g/mol. The zero-order chi connectivity index (χ0) is 11.0. The van der Waals surface area contributed by atoms with E-state index in [0.717, 1.165) is 12.5 Å². The van der Waals surface area contributed by atoms with E-state index in [9.17, 15) is 0 Å². The summed E-state index contributed by atoms with van der Waals surface area (Å²) in [5.74, 6) is 0.790. The van der Waals surface area contributed by atoms with E-state index in [-0.39, 0.29) is 0 Å². The van der Waals surface area contributed by atoms with Crippen LogP contribution in [0.3, 0.4) is 0 Å². The number of hydrogen-bond acceptors (Lipinski definition) is 2. The molecule has 1 aromatic carbocycles. The Morgan fingerprint density at radius 2 is 2.19 bits per heavy atom. The summed E-state index contributed by atoms with van der Waals surface area (Å²) in [4.78, 5) is 4.14. The van der Waals surface area contributed by atoms with E-state index in [0.29, 0.717) is 6.04 Å². The normalized spacial score (nSPS) is 25.1. The molecule has 0 amide bonds. The Labute approximate surface area is 95.7 Å². The molecule has 2 heterocycles. The summed E-state index contributed by atoms with van der Waals surface area (Å²) in [6.45, 7) is 3.44. The Hall–Kier alpha value is -1.41. The molecule has 1 saturated heterocycles. The van der Waals surface area contributed by atoms with E-state index in [1.54, 1.807) is 0 Å². The van der Waals surface area contributed by atoms with Crippen molar-refractivity contribution in [2.75, 3.05) is 6.54 Å². The van der Waals surface area contributed by atoms with Gasteiger partial charge in [0.25, 0.3) is 0 Å². The number of pyridine rings is 1. The zero-order valence-corrected chi connectivity index (χ0v) is 9.48. The molecule has 2 nitrogen and oxygen atoms in total. The van der Waals surface area contributed by atoms with E-state index in [4.69, 9.17) is 0 Å². The van der Waals surface area contributed by atoms with Gasteiger partial charge in [0.15, 0.2) is 0 Å². The number of fused-ring (bicyclic) bond motifs is 1. The second-order valence-corrected chi connectivity index (χ2v) is 4.78. The lowest BCUT2D eigenvalue weighted by Gasteiger charge is -2.11. The molecule has 0 aliphatic carbocycles. The first-order valence-corrected chi connectivity index (χ1v) is 5.90. The third kappa shape index (κ3) is 1.69. The molecule has 82 valence electrons. The molecule has 16 heavy (non-hydrogen) atoms. The Morgan fingerprint density at radius 3 is 3.00 bits per heavy atom. The predicted molar refractivity (Wildman–Crippen MR) is 66.3 cm³/mol. The fourth-order valence-electron chi connectivity index (χ4n) is 2.48. The van der Waals surface area contributed by atoms with Crippen LogP contribution < -0.4 is 5.32 Å². The van der Waals surface area contributed by atoms with Gasteiger partial charge in [-0.1, -0.05) is 19.1 Å². The van der Waals surface area contributed by atoms with Crippen molar-refractivity contribution in [2.45, 2.75) is 19.4 Å². The van der Waals surface area contributed by atoms with E-state index in [1.807, 2.05) is 12.4 Å². The van der Waals surface area contributed by atoms with E-state index in [2.05, 4.69) is 41.5 Å². The SMILES string of the molecule is C[C@@H]1CN[C@H](c2ccc3cnccc3c2)C1. The molecule has 0 saturated carbocycles. The molecule has 1 aliphatic heterocycles. The highest BCUT2D eigenvalue weighted by Crippen LogP contribution is 2.28. The highest BCUT2D eigenvalue weighted by atomic mass is 14.9. The Morgan fingerprint density at radius 1 is 1.25 bits per heavy atom. The van der Waals surface area contributed by atoms with E-state index >= 15 is 0 Å². The third-order valence-electron chi connectivity index (χ3n) is 3.42. The maximum absolute atomic E-state index is 4.14. The van der Waals surface area contributed by atoms with Crippen LogP contribution in [-0.2, 0) is 0 Å². The van der Waals surface area contributed by atoms with Gasteiger partial charge in [0.2, 0.25) is 0 Å². The maximum Gasteiger partial charge on any atom is 0.0346 e. The van der Waals surface area contributed by atoms with E-state index in [1.165, 1.54) is 22.8 Å². The van der Waals surface area contributed by atoms with Gasteiger partial charge in [0.05, 0.1) is 0 Å². The summed E-state index contributed by atoms with van der Waals surface area (Å²) >= 11 is 0. The van der Waals surface area contributed by atoms with Gasteiger partial charge in [0, 0.05) is 23.8 Å². The lowest BCUT2D eigenvalue weighted by atomic mass is 9.99. The largest absolute Gasteiger partial charge is 0.310 e. The summed E-state index contributed by atoms with van der Waals surface area (Å²) in [6, 6.07) is 9.29. The second kappa shape index (κ2) is 3.87. The second-order valence-electron chi connectivity index (χ2n) is 4.78. The molecule has 1 fully saturated rings. The fraction of sp³-hybridized carbons (Fsp3) is 0.357. The molecular weight excluding hydrogens is 196 g/mol. The molecule has 1 aromatic heterocycles. The summed E-state index contributed by atoms with van der Waals surface area (Å²) in [5, 5.41) is 6.08. The van der Waals surface area contributed by atoms with Crippen LogP contribution in [0.4, 0.5) is 0 Å². The average Bonchev–Trinajstić information content (AvgIpc) is 2.75. The van der Waals surface area contributed by atoms with Gasteiger partial charge in [-0.15, -0.1) is 0 Å². The molecule has 1 N–H and O–H groups in total. The molecule has 0 radical (unpaired) electrons. The van der Waals surface area contributed by atoms with Crippen LogP contribution in [0.25, 0.3) is 10.8 Å². The summed E-state index contributed by atoms with van der Waals surface area (Å²) in [7, 11) is 0. The number of benzene rings is 1. The highest BCUT2D eigenvalue weighted by Gasteiger charge is 2.21. The smallest absolute Gasteiger partial charge is 0.0346 e. The first-order chi connectivity index (χ1) is 7.83. The quantitative estimate of drug-likeness (QED) is 0.786. The third-order valence-corrected chi connectivity index (χ3v) is 3.42. The first kappa shape index (κ1) is 9.79. The highest BCUT2D eigenvalue weighted by molar-refractivity contribution is 5.82. The van der Waals surface area contributed by atoms with Crippen molar-refractivity contribution in [2.24, 2.45) is 5.92 Å². The van der Waals surface area contributed by atoms with Gasteiger partial charge in [-0.05, 0) is 42.0 Å². The minimum absolute atomic E-state index is 0.535. The summed E-state index contributed by atoms with van der Waals surface area (Å²) in [6.07, 6.45) is 5.03. The van der Waals surface area contributed by atoms with Gasteiger partial charge in [-0.3, -0.25) is 4.98 Å². The Kier molecular flexibility index (Phi) is 2.37. The van der Waals surface area contributed by atoms with Gasteiger partial charge in [-0.25, -0.2) is 0 Å². The van der Waals surface area contributed by atoms with Crippen LogP contribution >= 0.6 is 0 Å². The fourth-order valence-corrected chi connectivity index (χ4v) is 2.48. The first-order valence-electron chi connectivity index (χ1n) is 5.90. The number of rotatable bonds is 1. The van der Waals surface area contributed by atoms with Crippen LogP contribution in [0.15, 0.2) is 36.7 Å². The summed E-state index contributed by atoms with van der Waals surface area (Å²) in [5.41, 5.74) is 1.41. The molecule has 2 atom stereocenters. The van der Waals surface area contributed by atoms with Crippen molar-refractivity contribution in [3.05, 3.63) is 42.2 Å². The number of nitrogens with zero attached hydrogens (tertiary/aromatic N) is 1. The van der Waals surface area contributed by atoms with Crippen molar-refractivity contribution in [1.29, 1.82) is 0 Å². The molecular formula is C14H16N2. The van der Waals surface area contributed by atoms with Crippen LogP contribution in [0.1, 0.15) is 24.9 Å². The Balaban J connectivity index is 1.99. The minimum Gasteiger partial charge on any atom is -0.310 e. The number of hydrogen-bond donors (Lipinski definition) is 1. The standard InChI is InChI=1S/C14H16N2/c1-10-6-14(16-8-10)12-2-3-13-9-15-5-4-11(13)7-12/h2-5,7,9-10,14,16H,6,8H2,1H3/t10-,14-/m0/s1. The average molecular weight is 212 g/mol. The molecule has 2 aromatic rings. The van der Waals surface area contributed by atoms with Crippen LogP contribution in [-0.4, -0.2) is 11.5 Å². The van der Waals surface area contributed by atoms with Crippen molar-refractivity contribution in [3.8, 4) is 0 Å². The maximum atomic E-state index is 4.14. The topological polar surface area (TPSA) is 24.9 Å². The molecule has 0 unspecified atom stereocenters. The van der Waals surface area contributed by atoms with Crippen LogP contribution in [0.5, 0.6) is 0 Å². The molecule has 3 rings (SSSR count). The van der Waals surface area contributed by atoms with Gasteiger partial charge in [-0.2, -0.15) is 0 Å². The van der Waals surface area contributed by atoms with Gasteiger partial charge >= 0.3 is 0 Å².